The SMILES string of the molecule is CCCOc1c(Br)cc(CNc2ccc([N+](=O)[O-])cc2)cc1Br. The maximum absolute atomic E-state index is 10.6. The molecule has 0 unspecified atom stereocenters. The van der Waals surface area contributed by atoms with Gasteiger partial charge in [-0.25, -0.2) is 0 Å². The van der Waals surface area contributed by atoms with E-state index in [9.17, 15) is 10.1 Å². The van der Waals surface area contributed by atoms with Crippen molar-refractivity contribution in [3.8, 4) is 5.75 Å². The summed E-state index contributed by atoms with van der Waals surface area (Å²) in [6.45, 7) is 3.32. The Morgan fingerprint density at radius 2 is 1.78 bits per heavy atom. The van der Waals surface area contributed by atoms with Crippen LogP contribution in [-0.2, 0) is 6.54 Å². The van der Waals surface area contributed by atoms with Crippen LogP contribution in [0, 0.1) is 10.1 Å². The molecule has 0 saturated heterocycles. The molecule has 0 fully saturated rings. The molecule has 122 valence electrons. The molecule has 0 heterocycles. The van der Waals surface area contributed by atoms with Gasteiger partial charge in [0.25, 0.3) is 5.69 Å². The normalized spacial score (nSPS) is 10.4. The monoisotopic (exact) mass is 442 g/mol. The molecule has 2 aromatic rings. The van der Waals surface area contributed by atoms with Gasteiger partial charge in [-0.3, -0.25) is 10.1 Å². The Balaban J connectivity index is 2.04. The molecule has 2 rings (SSSR count). The number of nitrogens with one attached hydrogen (secondary N) is 1. The number of anilines is 1. The fourth-order valence-corrected chi connectivity index (χ4v) is 3.47. The molecule has 2 aromatic carbocycles. The van der Waals surface area contributed by atoms with Gasteiger partial charge in [0, 0.05) is 24.4 Å². The van der Waals surface area contributed by atoms with Crippen LogP contribution in [0.2, 0.25) is 0 Å². The lowest BCUT2D eigenvalue weighted by atomic mass is 10.2. The minimum atomic E-state index is -0.410. The molecule has 0 aliphatic rings. The van der Waals surface area contributed by atoms with Crippen molar-refractivity contribution in [3.63, 3.8) is 0 Å². The fraction of sp³-hybridized carbons (Fsp3) is 0.250. The zero-order valence-corrected chi connectivity index (χ0v) is 15.7. The van der Waals surface area contributed by atoms with E-state index in [1.807, 2.05) is 12.1 Å². The van der Waals surface area contributed by atoms with Crippen LogP contribution in [-0.4, -0.2) is 11.5 Å². The number of hydrogen-bond donors (Lipinski definition) is 1. The van der Waals surface area contributed by atoms with E-state index in [1.54, 1.807) is 12.1 Å². The summed E-state index contributed by atoms with van der Waals surface area (Å²) in [6.07, 6.45) is 0.947. The second kappa shape index (κ2) is 8.31. The van der Waals surface area contributed by atoms with E-state index in [1.165, 1.54) is 12.1 Å². The highest BCUT2D eigenvalue weighted by Gasteiger charge is 2.09. The number of rotatable bonds is 7. The van der Waals surface area contributed by atoms with Crippen molar-refractivity contribution < 1.29 is 9.66 Å². The van der Waals surface area contributed by atoms with Gasteiger partial charge in [0.15, 0.2) is 0 Å². The Hall–Kier alpha value is -1.60. The van der Waals surface area contributed by atoms with Crippen LogP contribution in [0.25, 0.3) is 0 Å². The molecule has 0 spiro atoms. The highest BCUT2D eigenvalue weighted by molar-refractivity contribution is 9.11. The Morgan fingerprint density at radius 1 is 1.17 bits per heavy atom. The Kier molecular flexibility index (Phi) is 6.41. The first kappa shape index (κ1) is 17.7. The summed E-state index contributed by atoms with van der Waals surface area (Å²) in [5.41, 5.74) is 1.97. The summed E-state index contributed by atoms with van der Waals surface area (Å²) >= 11 is 7.04. The first-order chi connectivity index (χ1) is 11.0. The van der Waals surface area contributed by atoms with Crippen molar-refractivity contribution in [2.24, 2.45) is 0 Å². The van der Waals surface area contributed by atoms with Gasteiger partial charge in [-0.15, -0.1) is 0 Å². The fourth-order valence-electron chi connectivity index (χ4n) is 1.96. The van der Waals surface area contributed by atoms with Crippen molar-refractivity contribution >= 4 is 43.2 Å². The number of hydrogen-bond acceptors (Lipinski definition) is 4. The molecule has 0 aliphatic heterocycles. The predicted octanol–water partition coefficient (Wildman–Crippen LogP) is 5.52. The smallest absolute Gasteiger partial charge is 0.269 e. The van der Waals surface area contributed by atoms with E-state index < -0.39 is 4.92 Å². The standard InChI is InChI=1S/C16H16Br2N2O3/c1-2-7-23-16-14(17)8-11(9-15(16)18)10-19-12-3-5-13(6-4-12)20(21)22/h3-6,8-9,19H,2,7,10H2,1H3. The Labute approximate surface area is 151 Å². The lowest BCUT2D eigenvalue weighted by Crippen LogP contribution is -2.02. The molecule has 1 N–H and O–H groups in total. The first-order valence-corrected chi connectivity index (χ1v) is 8.69. The number of non-ortho nitro benzene ring substituents is 1. The van der Waals surface area contributed by atoms with E-state index in [4.69, 9.17) is 4.74 Å². The van der Waals surface area contributed by atoms with E-state index in [2.05, 4.69) is 44.1 Å². The molecule has 7 heteroatoms. The number of nitro benzene ring substituents is 1. The van der Waals surface area contributed by atoms with Gasteiger partial charge < -0.3 is 10.1 Å². The summed E-state index contributed by atoms with van der Waals surface area (Å²) in [7, 11) is 0. The number of ether oxygens (including phenoxy) is 1. The summed E-state index contributed by atoms with van der Waals surface area (Å²) in [5, 5.41) is 13.9. The number of benzene rings is 2. The van der Waals surface area contributed by atoms with Crippen molar-refractivity contribution in [2.45, 2.75) is 19.9 Å². The highest BCUT2D eigenvalue weighted by Crippen LogP contribution is 2.35. The number of nitrogens with zero attached hydrogens (tertiary/aromatic N) is 1. The van der Waals surface area contributed by atoms with E-state index in [-0.39, 0.29) is 5.69 Å². The quantitative estimate of drug-likeness (QED) is 0.451. The first-order valence-electron chi connectivity index (χ1n) is 7.10. The molecule has 23 heavy (non-hydrogen) atoms. The van der Waals surface area contributed by atoms with Crippen LogP contribution in [0.3, 0.4) is 0 Å². The van der Waals surface area contributed by atoms with Crippen molar-refractivity contribution in [1.82, 2.24) is 0 Å². The van der Waals surface area contributed by atoms with Gasteiger partial charge in [-0.1, -0.05) is 6.92 Å². The van der Waals surface area contributed by atoms with Gasteiger partial charge in [0.05, 0.1) is 20.5 Å². The molecular weight excluding hydrogens is 428 g/mol. The van der Waals surface area contributed by atoms with Gasteiger partial charge in [0.1, 0.15) is 5.75 Å². The minimum Gasteiger partial charge on any atom is -0.491 e. The summed E-state index contributed by atoms with van der Waals surface area (Å²) in [5.74, 6) is 0.797. The van der Waals surface area contributed by atoms with Crippen LogP contribution in [0.4, 0.5) is 11.4 Å². The lowest BCUT2D eigenvalue weighted by Gasteiger charge is -2.12. The van der Waals surface area contributed by atoms with Gasteiger partial charge in [0.2, 0.25) is 0 Å². The summed E-state index contributed by atoms with van der Waals surface area (Å²) in [4.78, 5) is 10.2. The van der Waals surface area contributed by atoms with Gasteiger partial charge in [-0.05, 0) is 68.1 Å². The molecular formula is C16H16Br2N2O3. The molecule has 0 aromatic heterocycles. The second-order valence-electron chi connectivity index (χ2n) is 4.89. The van der Waals surface area contributed by atoms with Crippen LogP contribution in [0.5, 0.6) is 5.75 Å². The maximum Gasteiger partial charge on any atom is 0.269 e. The van der Waals surface area contributed by atoms with E-state index in [0.29, 0.717) is 13.2 Å². The molecule has 0 radical (unpaired) electrons. The topological polar surface area (TPSA) is 64.4 Å². The van der Waals surface area contributed by atoms with Crippen LogP contribution in [0.15, 0.2) is 45.3 Å². The van der Waals surface area contributed by atoms with Crippen molar-refractivity contribution in [1.29, 1.82) is 0 Å². The molecule has 0 atom stereocenters. The average molecular weight is 444 g/mol. The Morgan fingerprint density at radius 3 is 2.30 bits per heavy atom. The minimum absolute atomic E-state index is 0.0819. The molecule has 0 bridgehead atoms. The van der Waals surface area contributed by atoms with Crippen LogP contribution < -0.4 is 10.1 Å². The third-order valence-electron chi connectivity index (χ3n) is 3.08. The van der Waals surface area contributed by atoms with Gasteiger partial charge >= 0.3 is 0 Å². The molecule has 5 nitrogen and oxygen atoms in total. The molecule has 0 aliphatic carbocycles. The highest BCUT2D eigenvalue weighted by atomic mass is 79.9. The number of halogens is 2. The van der Waals surface area contributed by atoms with Gasteiger partial charge in [-0.2, -0.15) is 0 Å². The summed E-state index contributed by atoms with van der Waals surface area (Å²) < 4.78 is 7.47. The third kappa shape index (κ3) is 4.94. The predicted molar refractivity (Wildman–Crippen MR) is 98.1 cm³/mol. The molecule has 0 saturated carbocycles. The summed E-state index contributed by atoms with van der Waals surface area (Å²) in [6, 6.07) is 10.3. The van der Waals surface area contributed by atoms with Crippen LogP contribution in [0.1, 0.15) is 18.9 Å². The lowest BCUT2D eigenvalue weighted by molar-refractivity contribution is -0.384. The van der Waals surface area contributed by atoms with E-state index in [0.717, 1.165) is 32.4 Å². The van der Waals surface area contributed by atoms with E-state index >= 15 is 0 Å². The maximum atomic E-state index is 10.6. The Bertz CT molecular complexity index is 667. The van der Waals surface area contributed by atoms with Crippen molar-refractivity contribution in [2.75, 3.05) is 11.9 Å². The van der Waals surface area contributed by atoms with Crippen LogP contribution >= 0.6 is 31.9 Å². The largest absolute Gasteiger partial charge is 0.491 e. The third-order valence-corrected chi connectivity index (χ3v) is 4.26. The average Bonchev–Trinajstić information content (AvgIpc) is 2.52. The zero-order valence-electron chi connectivity index (χ0n) is 12.5. The molecule has 0 amide bonds. The second-order valence-corrected chi connectivity index (χ2v) is 6.60. The zero-order chi connectivity index (χ0) is 16.8. The number of nitro groups is 1. The van der Waals surface area contributed by atoms with Crippen molar-refractivity contribution in [3.05, 3.63) is 61.0 Å².